The lowest BCUT2D eigenvalue weighted by atomic mass is 9.74. The van der Waals surface area contributed by atoms with Crippen LogP contribution in [0.3, 0.4) is 0 Å². The molecule has 0 aliphatic rings. The number of halogens is 1. The van der Waals surface area contributed by atoms with E-state index in [1.807, 2.05) is 26.7 Å². The Morgan fingerprint density at radius 3 is 1.76 bits per heavy atom. The summed E-state index contributed by atoms with van der Waals surface area (Å²) in [5.41, 5.74) is 1.96. The Labute approximate surface area is 191 Å². The van der Waals surface area contributed by atoms with Crippen molar-refractivity contribution in [3.8, 4) is 0 Å². The van der Waals surface area contributed by atoms with E-state index in [0.29, 0.717) is 5.41 Å². The van der Waals surface area contributed by atoms with Crippen LogP contribution >= 0.6 is 15.9 Å². The van der Waals surface area contributed by atoms with Gasteiger partial charge in [0.05, 0.1) is 0 Å². The summed E-state index contributed by atoms with van der Waals surface area (Å²) in [4.78, 5) is 10.5. The Bertz CT molecular complexity index is 452. The van der Waals surface area contributed by atoms with Gasteiger partial charge in [-0.1, -0.05) is 94.9 Å². The van der Waals surface area contributed by atoms with Crippen LogP contribution in [0.15, 0.2) is 41.4 Å². The molecule has 0 amide bonds. The van der Waals surface area contributed by atoms with Crippen LogP contribution in [0, 0.1) is 5.41 Å². The molecular formula is C26H48BrNO. The average molecular weight is 471 g/mol. The lowest BCUT2D eigenvalue weighted by molar-refractivity contribution is -0.0979. The van der Waals surface area contributed by atoms with Crippen LogP contribution in [0.2, 0.25) is 0 Å². The fraction of sp³-hybridized carbons (Fsp3) is 0.654. The minimum atomic E-state index is 0.567. The molecule has 0 unspecified atom stereocenters. The summed E-state index contributed by atoms with van der Waals surface area (Å²) < 4.78 is 1.16. The second-order valence-electron chi connectivity index (χ2n) is 7.16. The second kappa shape index (κ2) is 23.3. The molecule has 1 rings (SSSR count). The third-order valence-corrected chi connectivity index (χ3v) is 5.52. The van der Waals surface area contributed by atoms with Gasteiger partial charge in [0.15, 0.2) is 0 Å². The highest BCUT2D eigenvalue weighted by molar-refractivity contribution is 9.10. The SMILES string of the molecule is C=CCC.C=O.CC.CCCC(CC)(CCC)CCN(C)Cc1ccc(Br)cc1. The van der Waals surface area contributed by atoms with Gasteiger partial charge in [0.2, 0.25) is 0 Å². The van der Waals surface area contributed by atoms with Gasteiger partial charge in [-0.15, -0.1) is 6.58 Å². The number of carbonyl (C=O) groups is 1. The van der Waals surface area contributed by atoms with Gasteiger partial charge in [-0.05, 0) is 62.4 Å². The van der Waals surface area contributed by atoms with E-state index in [0.717, 1.165) is 17.4 Å². The van der Waals surface area contributed by atoms with Gasteiger partial charge >= 0.3 is 0 Å². The van der Waals surface area contributed by atoms with Crippen LogP contribution < -0.4 is 0 Å². The van der Waals surface area contributed by atoms with Gasteiger partial charge < -0.3 is 9.69 Å². The van der Waals surface area contributed by atoms with Crippen molar-refractivity contribution in [2.75, 3.05) is 13.6 Å². The van der Waals surface area contributed by atoms with Crippen molar-refractivity contribution in [3.63, 3.8) is 0 Å². The average Bonchev–Trinajstić information content (AvgIpc) is 2.77. The summed E-state index contributed by atoms with van der Waals surface area (Å²) >= 11 is 3.50. The zero-order chi connectivity index (χ0) is 23.1. The molecule has 0 spiro atoms. The van der Waals surface area contributed by atoms with Gasteiger partial charge in [0, 0.05) is 11.0 Å². The molecule has 0 atom stereocenters. The molecule has 170 valence electrons. The van der Waals surface area contributed by atoms with Crippen molar-refractivity contribution in [2.45, 2.75) is 93.0 Å². The number of rotatable bonds is 11. The van der Waals surface area contributed by atoms with E-state index < -0.39 is 0 Å². The molecule has 2 nitrogen and oxygen atoms in total. The summed E-state index contributed by atoms with van der Waals surface area (Å²) in [5, 5.41) is 0. The van der Waals surface area contributed by atoms with Crippen molar-refractivity contribution in [3.05, 3.63) is 47.0 Å². The fourth-order valence-electron chi connectivity index (χ4n) is 3.37. The predicted octanol–water partition coefficient (Wildman–Crippen LogP) is 8.69. The van der Waals surface area contributed by atoms with Crippen LogP contribution in [0.5, 0.6) is 0 Å². The number of hydrogen-bond acceptors (Lipinski definition) is 2. The Hall–Kier alpha value is -0.930. The predicted molar refractivity (Wildman–Crippen MR) is 137 cm³/mol. The van der Waals surface area contributed by atoms with Crippen LogP contribution in [0.1, 0.15) is 92.1 Å². The number of carbonyl (C=O) groups excluding carboxylic acids is 1. The summed E-state index contributed by atoms with van der Waals surface area (Å²) in [6.45, 7) is 20.8. The van der Waals surface area contributed by atoms with E-state index in [1.165, 1.54) is 50.6 Å². The first-order chi connectivity index (χ1) is 14.0. The minimum Gasteiger partial charge on any atom is -0.307 e. The fourth-order valence-corrected chi connectivity index (χ4v) is 3.64. The molecule has 1 aromatic carbocycles. The Balaban J connectivity index is -0.000000733. The highest BCUT2D eigenvalue weighted by Gasteiger charge is 2.26. The third kappa shape index (κ3) is 17.6. The van der Waals surface area contributed by atoms with Crippen molar-refractivity contribution < 1.29 is 4.79 Å². The number of hydrogen-bond donors (Lipinski definition) is 0. The first-order valence-corrected chi connectivity index (χ1v) is 12.1. The first kappa shape index (κ1) is 32.7. The standard InChI is InChI=1S/C19H32BrN.C4H8.C2H6.CH2O/c1-5-12-19(7-3,13-6-2)14-15-21(4)16-17-8-10-18(20)11-9-17;1-3-4-2;2*1-2/h8-11H,5-7,12-16H2,1-4H3;3H,1,4H2,2H3;1-2H3;1H2. The van der Waals surface area contributed by atoms with Crippen LogP contribution in [0.4, 0.5) is 0 Å². The molecule has 0 fully saturated rings. The van der Waals surface area contributed by atoms with Gasteiger partial charge in [-0.2, -0.15) is 0 Å². The number of benzene rings is 1. The maximum atomic E-state index is 8.00. The molecule has 0 aliphatic carbocycles. The maximum absolute atomic E-state index is 8.00. The summed E-state index contributed by atoms with van der Waals surface area (Å²) in [5.74, 6) is 0. The Morgan fingerprint density at radius 2 is 1.41 bits per heavy atom. The molecule has 0 aromatic heterocycles. The molecule has 0 radical (unpaired) electrons. The molecule has 0 saturated heterocycles. The van der Waals surface area contributed by atoms with E-state index >= 15 is 0 Å². The molecule has 3 heteroatoms. The molecule has 1 aromatic rings. The largest absolute Gasteiger partial charge is 0.307 e. The smallest absolute Gasteiger partial charge is 0.106 e. The third-order valence-electron chi connectivity index (χ3n) is 4.99. The number of allylic oxidation sites excluding steroid dienone is 1. The maximum Gasteiger partial charge on any atom is 0.106 e. The van der Waals surface area contributed by atoms with Crippen molar-refractivity contribution in [1.82, 2.24) is 4.90 Å². The monoisotopic (exact) mass is 469 g/mol. The van der Waals surface area contributed by atoms with Crippen LogP contribution in [-0.4, -0.2) is 25.3 Å². The molecule has 0 saturated carbocycles. The molecular weight excluding hydrogens is 422 g/mol. The summed E-state index contributed by atoms with van der Waals surface area (Å²) in [6, 6.07) is 8.69. The topological polar surface area (TPSA) is 20.3 Å². The molecule has 0 bridgehead atoms. The van der Waals surface area contributed by atoms with E-state index in [2.05, 4.69) is 86.4 Å². The zero-order valence-electron chi connectivity index (χ0n) is 20.4. The van der Waals surface area contributed by atoms with Gasteiger partial charge in [0.1, 0.15) is 6.79 Å². The van der Waals surface area contributed by atoms with Gasteiger partial charge in [-0.3, -0.25) is 0 Å². The summed E-state index contributed by atoms with van der Waals surface area (Å²) in [7, 11) is 2.25. The Morgan fingerprint density at radius 1 is 0.966 bits per heavy atom. The quantitative estimate of drug-likeness (QED) is 0.302. The van der Waals surface area contributed by atoms with E-state index in [9.17, 15) is 0 Å². The van der Waals surface area contributed by atoms with E-state index in [4.69, 9.17) is 4.79 Å². The van der Waals surface area contributed by atoms with Gasteiger partial charge in [0.25, 0.3) is 0 Å². The Kier molecular flexibility index (Phi) is 26.4. The van der Waals surface area contributed by atoms with E-state index in [1.54, 1.807) is 0 Å². The highest BCUT2D eigenvalue weighted by atomic mass is 79.9. The molecule has 0 N–H and O–H groups in total. The second-order valence-corrected chi connectivity index (χ2v) is 8.08. The lowest BCUT2D eigenvalue weighted by Gasteiger charge is -2.34. The van der Waals surface area contributed by atoms with E-state index in [-0.39, 0.29) is 0 Å². The van der Waals surface area contributed by atoms with Gasteiger partial charge in [-0.25, -0.2) is 0 Å². The van der Waals surface area contributed by atoms with Crippen LogP contribution in [-0.2, 0) is 11.3 Å². The zero-order valence-corrected chi connectivity index (χ0v) is 22.0. The van der Waals surface area contributed by atoms with Crippen molar-refractivity contribution in [2.24, 2.45) is 5.41 Å². The minimum absolute atomic E-state index is 0.567. The van der Waals surface area contributed by atoms with Crippen molar-refractivity contribution >= 4 is 22.7 Å². The molecule has 0 aliphatic heterocycles. The lowest BCUT2D eigenvalue weighted by Crippen LogP contribution is -2.28. The molecule has 29 heavy (non-hydrogen) atoms. The number of nitrogens with zero attached hydrogens (tertiary/aromatic N) is 1. The van der Waals surface area contributed by atoms with Crippen molar-refractivity contribution in [1.29, 1.82) is 0 Å². The first-order valence-electron chi connectivity index (χ1n) is 11.3. The molecule has 0 heterocycles. The highest BCUT2D eigenvalue weighted by Crippen LogP contribution is 2.37. The normalized spacial score (nSPS) is 9.97. The summed E-state index contributed by atoms with van der Waals surface area (Å²) in [6.07, 6.45) is 11.0. The van der Waals surface area contributed by atoms with Crippen LogP contribution in [0.25, 0.3) is 0 Å².